The summed E-state index contributed by atoms with van der Waals surface area (Å²) in [4.78, 5) is 11.8. The van der Waals surface area contributed by atoms with Gasteiger partial charge < -0.3 is 5.11 Å². The van der Waals surface area contributed by atoms with E-state index in [0.717, 1.165) is 16.2 Å². The Morgan fingerprint density at radius 3 is 2.56 bits per heavy atom. The van der Waals surface area contributed by atoms with E-state index in [-0.39, 0.29) is 5.56 Å². The summed E-state index contributed by atoms with van der Waals surface area (Å²) in [6.07, 6.45) is 0. The molecule has 0 aliphatic carbocycles. The summed E-state index contributed by atoms with van der Waals surface area (Å²) in [5.41, 5.74) is 1.41. The molecule has 0 aliphatic rings. The number of carbonyl (C=O) groups is 1. The summed E-state index contributed by atoms with van der Waals surface area (Å²) in [5.74, 6) is -0.212. The van der Waals surface area contributed by atoms with E-state index >= 15 is 0 Å². The van der Waals surface area contributed by atoms with Crippen molar-refractivity contribution in [3.05, 3.63) is 64.7 Å². The average Bonchev–Trinajstić information content (AvgIpc) is 2.38. The van der Waals surface area contributed by atoms with Crippen molar-refractivity contribution in [3.63, 3.8) is 0 Å². The smallest absolute Gasteiger partial charge is 0.336 e. The Hall–Kier alpha value is -1.45. The molecule has 0 radical (unpaired) electrons. The Labute approximate surface area is 115 Å². The van der Waals surface area contributed by atoms with Crippen LogP contribution in [0.15, 0.2) is 53.4 Å². The average molecular weight is 279 g/mol. The predicted molar refractivity (Wildman–Crippen MR) is 74.4 cm³/mol. The first-order valence-electron chi connectivity index (χ1n) is 5.36. The Kier molecular flexibility index (Phi) is 4.28. The Bertz CT molecular complexity index is 555. The minimum atomic E-state index is -0.951. The lowest BCUT2D eigenvalue weighted by atomic mass is 10.2. The lowest BCUT2D eigenvalue weighted by Gasteiger charge is -2.06. The third kappa shape index (κ3) is 3.28. The van der Waals surface area contributed by atoms with Gasteiger partial charge in [-0.05, 0) is 23.8 Å². The van der Waals surface area contributed by atoms with Crippen LogP contribution in [0.3, 0.4) is 0 Å². The van der Waals surface area contributed by atoms with Crippen molar-refractivity contribution in [2.75, 3.05) is 0 Å². The number of aromatic carboxylic acids is 1. The zero-order valence-corrected chi connectivity index (χ0v) is 11.0. The molecule has 0 aromatic heterocycles. The highest BCUT2D eigenvalue weighted by Crippen LogP contribution is 2.28. The summed E-state index contributed by atoms with van der Waals surface area (Å²) in [7, 11) is 0. The number of benzene rings is 2. The second kappa shape index (κ2) is 5.94. The van der Waals surface area contributed by atoms with Gasteiger partial charge >= 0.3 is 5.97 Å². The lowest BCUT2D eigenvalue weighted by Crippen LogP contribution is -1.98. The molecule has 4 heteroatoms. The highest BCUT2D eigenvalue weighted by atomic mass is 35.5. The minimum Gasteiger partial charge on any atom is -0.478 e. The van der Waals surface area contributed by atoms with Gasteiger partial charge in [-0.1, -0.05) is 41.9 Å². The normalized spacial score (nSPS) is 10.3. The van der Waals surface area contributed by atoms with E-state index in [9.17, 15) is 4.79 Å². The fourth-order valence-electron chi connectivity index (χ4n) is 1.53. The molecule has 0 unspecified atom stereocenters. The molecule has 18 heavy (non-hydrogen) atoms. The maximum Gasteiger partial charge on any atom is 0.336 e. The van der Waals surface area contributed by atoms with Gasteiger partial charge in [0.25, 0.3) is 0 Å². The van der Waals surface area contributed by atoms with Crippen molar-refractivity contribution in [1.29, 1.82) is 0 Å². The molecule has 2 nitrogen and oxygen atoms in total. The van der Waals surface area contributed by atoms with Crippen LogP contribution in [0.5, 0.6) is 0 Å². The number of hydrogen-bond donors (Lipinski definition) is 1. The van der Waals surface area contributed by atoms with Crippen molar-refractivity contribution in [2.24, 2.45) is 0 Å². The van der Waals surface area contributed by atoms with E-state index in [4.69, 9.17) is 16.7 Å². The van der Waals surface area contributed by atoms with E-state index in [1.807, 2.05) is 30.3 Å². The maximum absolute atomic E-state index is 11.1. The van der Waals surface area contributed by atoms with Crippen LogP contribution in [0, 0.1) is 0 Å². The number of carboxylic acids is 1. The summed E-state index contributed by atoms with van der Waals surface area (Å²) in [6.45, 7) is 0. The Morgan fingerprint density at radius 1 is 1.17 bits per heavy atom. The fraction of sp³-hybridized carbons (Fsp3) is 0.0714. The standard InChI is InChI=1S/C14H11ClO2S/c15-11-6-7-13(12(8-11)14(16)17)18-9-10-4-2-1-3-5-10/h1-8H,9H2,(H,16,17). The third-order valence-corrected chi connectivity index (χ3v) is 3.79. The second-order valence-electron chi connectivity index (χ2n) is 3.72. The fourth-order valence-corrected chi connectivity index (χ4v) is 2.68. The van der Waals surface area contributed by atoms with Gasteiger partial charge in [-0.2, -0.15) is 0 Å². The topological polar surface area (TPSA) is 37.3 Å². The zero-order valence-electron chi connectivity index (χ0n) is 9.47. The molecule has 0 heterocycles. The van der Waals surface area contributed by atoms with Crippen LogP contribution in [0.2, 0.25) is 5.02 Å². The molecule has 1 N–H and O–H groups in total. The van der Waals surface area contributed by atoms with Crippen LogP contribution in [0.25, 0.3) is 0 Å². The van der Waals surface area contributed by atoms with Gasteiger partial charge in [-0.3, -0.25) is 0 Å². The highest BCUT2D eigenvalue weighted by Gasteiger charge is 2.11. The van der Waals surface area contributed by atoms with Gasteiger partial charge in [0.2, 0.25) is 0 Å². The SMILES string of the molecule is O=C(O)c1cc(Cl)ccc1SCc1ccccc1. The van der Waals surface area contributed by atoms with E-state index in [2.05, 4.69) is 0 Å². The zero-order chi connectivity index (χ0) is 13.0. The van der Waals surface area contributed by atoms with E-state index < -0.39 is 5.97 Å². The van der Waals surface area contributed by atoms with Crippen molar-refractivity contribution in [2.45, 2.75) is 10.6 Å². The number of thioether (sulfide) groups is 1. The molecule has 0 bridgehead atoms. The monoisotopic (exact) mass is 278 g/mol. The highest BCUT2D eigenvalue weighted by molar-refractivity contribution is 7.98. The largest absolute Gasteiger partial charge is 0.478 e. The van der Waals surface area contributed by atoms with Crippen LogP contribution in [-0.2, 0) is 5.75 Å². The van der Waals surface area contributed by atoms with E-state index in [1.54, 1.807) is 12.1 Å². The van der Waals surface area contributed by atoms with Gasteiger partial charge in [-0.25, -0.2) is 4.79 Å². The van der Waals surface area contributed by atoms with Gasteiger partial charge in [0.15, 0.2) is 0 Å². The molecule has 0 fully saturated rings. The summed E-state index contributed by atoms with van der Waals surface area (Å²) >= 11 is 7.30. The first kappa shape index (κ1) is 13.0. The van der Waals surface area contributed by atoms with Gasteiger partial charge in [0, 0.05) is 15.7 Å². The predicted octanol–water partition coefficient (Wildman–Crippen LogP) is 4.33. The number of carboxylic acid groups (broad SMARTS) is 1. The van der Waals surface area contributed by atoms with Crippen LogP contribution < -0.4 is 0 Å². The third-order valence-electron chi connectivity index (χ3n) is 2.41. The van der Waals surface area contributed by atoms with Crippen molar-refractivity contribution in [3.8, 4) is 0 Å². The minimum absolute atomic E-state index is 0.253. The molecule has 0 saturated heterocycles. The maximum atomic E-state index is 11.1. The van der Waals surface area contributed by atoms with E-state index in [0.29, 0.717) is 5.02 Å². The Morgan fingerprint density at radius 2 is 1.89 bits per heavy atom. The number of hydrogen-bond acceptors (Lipinski definition) is 2. The molecule has 0 spiro atoms. The van der Waals surface area contributed by atoms with Crippen molar-refractivity contribution in [1.82, 2.24) is 0 Å². The number of rotatable bonds is 4. The van der Waals surface area contributed by atoms with Crippen LogP contribution in [0.1, 0.15) is 15.9 Å². The summed E-state index contributed by atoms with van der Waals surface area (Å²) in [5, 5.41) is 9.56. The van der Waals surface area contributed by atoms with Crippen LogP contribution >= 0.6 is 23.4 Å². The molecule has 2 aromatic rings. The molecule has 0 aliphatic heterocycles. The molecule has 0 amide bonds. The molecular formula is C14H11ClO2S. The second-order valence-corrected chi connectivity index (χ2v) is 5.17. The Balaban J connectivity index is 2.17. The van der Waals surface area contributed by atoms with Crippen LogP contribution in [0.4, 0.5) is 0 Å². The molecule has 0 saturated carbocycles. The van der Waals surface area contributed by atoms with Crippen molar-refractivity contribution >= 4 is 29.3 Å². The first-order chi connectivity index (χ1) is 8.66. The molecule has 2 rings (SSSR count). The number of halogens is 1. The van der Waals surface area contributed by atoms with Crippen LogP contribution in [-0.4, -0.2) is 11.1 Å². The first-order valence-corrected chi connectivity index (χ1v) is 6.73. The summed E-state index contributed by atoms with van der Waals surface area (Å²) < 4.78 is 0. The summed E-state index contributed by atoms with van der Waals surface area (Å²) in [6, 6.07) is 14.9. The van der Waals surface area contributed by atoms with Gasteiger partial charge in [-0.15, -0.1) is 11.8 Å². The lowest BCUT2D eigenvalue weighted by molar-refractivity contribution is 0.0693. The molecule has 92 valence electrons. The quantitative estimate of drug-likeness (QED) is 0.846. The molecular weight excluding hydrogens is 268 g/mol. The van der Waals surface area contributed by atoms with Gasteiger partial charge in [0.1, 0.15) is 0 Å². The van der Waals surface area contributed by atoms with E-state index in [1.165, 1.54) is 17.8 Å². The van der Waals surface area contributed by atoms with Crippen molar-refractivity contribution < 1.29 is 9.90 Å². The molecule has 0 atom stereocenters. The van der Waals surface area contributed by atoms with Gasteiger partial charge in [0.05, 0.1) is 5.56 Å². The molecule has 2 aromatic carbocycles.